The highest BCUT2D eigenvalue weighted by molar-refractivity contribution is 9.10. The third-order valence-electron chi connectivity index (χ3n) is 5.76. The van der Waals surface area contributed by atoms with E-state index in [-0.39, 0.29) is 34.9 Å². The summed E-state index contributed by atoms with van der Waals surface area (Å²) in [5.41, 5.74) is -0.322. The number of benzene rings is 3. The van der Waals surface area contributed by atoms with E-state index >= 15 is 0 Å². The maximum Gasteiger partial charge on any atom is 0.281 e. The lowest BCUT2D eigenvalue weighted by atomic mass is 9.90. The molecule has 1 heterocycles. The third-order valence-corrected chi connectivity index (χ3v) is 6.91. The highest BCUT2D eigenvalue weighted by atomic mass is 79.9. The maximum absolute atomic E-state index is 14.2. The predicted molar refractivity (Wildman–Crippen MR) is 122 cm³/mol. The molecule has 3 aromatic carbocycles. The first kappa shape index (κ1) is 22.7. The van der Waals surface area contributed by atoms with Gasteiger partial charge >= 0.3 is 0 Å². The molecule has 1 aliphatic heterocycles. The SMILES string of the molecule is COc1ccc(CN2Cc3cc(Br)c(C)c([N+](=O)[O-])c3C2(O)c2cc(F)ccc2Cl)cc1. The van der Waals surface area contributed by atoms with Crippen LogP contribution in [0.25, 0.3) is 0 Å². The molecule has 1 N–H and O–H groups in total. The number of nitrogens with zero attached hydrogens (tertiary/aromatic N) is 2. The Hall–Kier alpha value is -2.52. The van der Waals surface area contributed by atoms with E-state index < -0.39 is 16.5 Å². The number of fused-ring (bicyclic) bond motifs is 1. The van der Waals surface area contributed by atoms with E-state index in [0.717, 1.165) is 11.6 Å². The second kappa shape index (κ2) is 8.44. The van der Waals surface area contributed by atoms with Crippen LogP contribution >= 0.6 is 27.5 Å². The Bertz CT molecular complexity index is 1220. The van der Waals surface area contributed by atoms with E-state index in [1.54, 1.807) is 37.1 Å². The normalized spacial score (nSPS) is 17.9. The average Bonchev–Trinajstić information content (AvgIpc) is 3.02. The lowest BCUT2D eigenvalue weighted by molar-refractivity contribution is -0.387. The molecule has 0 aromatic heterocycles. The summed E-state index contributed by atoms with van der Waals surface area (Å²) in [6.07, 6.45) is 0. The third kappa shape index (κ3) is 3.67. The van der Waals surface area contributed by atoms with E-state index in [1.165, 1.54) is 12.1 Å². The molecule has 166 valence electrons. The monoisotopic (exact) mass is 520 g/mol. The van der Waals surface area contributed by atoms with Crippen molar-refractivity contribution in [3.05, 3.63) is 102 Å². The van der Waals surface area contributed by atoms with E-state index in [1.807, 2.05) is 12.1 Å². The second-order valence-electron chi connectivity index (χ2n) is 7.62. The minimum Gasteiger partial charge on any atom is -0.497 e. The van der Waals surface area contributed by atoms with Crippen LogP contribution in [0.5, 0.6) is 5.75 Å². The first-order valence-corrected chi connectivity index (χ1v) is 10.9. The zero-order valence-corrected chi connectivity index (χ0v) is 19.6. The van der Waals surface area contributed by atoms with Crippen LogP contribution in [0.15, 0.2) is 53.0 Å². The van der Waals surface area contributed by atoms with Crippen LogP contribution in [0.3, 0.4) is 0 Å². The summed E-state index contributed by atoms with van der Waals surface area (Å²) in [4.78, 5) is 13.2. The molecule has 0 radical (unpaired) electrons. The fraction of sp³-hybridized carbons (Fsp3) is 0.217. The topological polar surface area (TPSA) is 75.8 Å². The van der Waals surface area contributed by atoms with Crippen molar-refractivity contribution in [2.45, 2.75) is 25.7 Å². The van der Waals surface area contributed by atoms with Gasteiger partial charge in [-0.3, -0.25) is 15.0 Å². The van der Waals surface area contributed by atoms with Gasteiger partial charge in [0, 0.05) is 33.7 Å². The van der Waals surface area contributed by atoms with Crippen LogP contribution in [0.1, 0.15) is 27.8 Å². The van der Waals surface area contributed by atoms with Crippen molar-refractivity contribution in [3.8, 4) is 5.75 Å². The minimum absolute atomic E-state index is 0.0521. The van der Waals surface area contributed by atoms with Gasteiger partial charge in [-0.1, -0.05) is 39.7 Å². The van der Waals surface area contributed by atoms with Crippen molar-refractivity contribution in [2.75, 3.05) is 7.11 Å². The number of hydrogen-bond acceptors (Lipinski definition) is 5. The predicted octanol–water partition coefficient (Wildman–Crippen LogP) is 5.68. The molecular formula is C23H19BrClFN2O4. The Morgan fingerprint density at radius 2 is 1.97 bits per heavy atom. The van der Waals surface area contributed by atoms with Crippen molar-refractivity contribution < 1.29 is 19.2 Å². The molecule has 0 aliphatic carbocycles. The lowest BCUT2D eigenvalue weighted by Gasteiger charge is -2.35. The van der Waals surface area contributed by atoms with Crippen molar-refractivity contribution in [3.63, 3.8) is 0 Å². The molecule has 6 nitrogen and oxygen atoms in total. The van der Waals surface area contributed by atoms with E-state index in [2.05, 4.69) is 15.9 Å². The summed E-state index contributed by atoms with van der Waals surface area (Å²) in [5, 5.41) is 24.3. The van der Waals surface area contributed by atoms with Crippen LogP contribution in [0.4, 0.5) is 10.1 Å². The van der Waals surface area contributed by atoms with E-state index in [0.29, 0.717) is 21.3 Å². The molecule has 0 spiro atoms. The summed E-state index contributed by atoms with van der Waals surface area (Å²) in [7, 11) is 1.57. The van der Waals surface area contributed by atoms with Gasteiger partial charge in [-0.15, -0.1) is 0 Å². The fourth-order valence-corrected chi connectivity index (χ4v) is 4.91. The van der Waals surface area contributed by atoms with Gasteiger partial charge < -0.3 is 9.84 Å². The van der Waals surface area contributed by atoms with Gasteiger partial charge in [-0.2, -0.15) is 0 Å². The number of nitro groups is 1. The zero-order chi connectivity index (χ0) is 23.2. The largest absolute Gasteiger partial charge is 0.497 e. The fourth-order valence-electron chi connectivity index (χ4n) is 4.20. The Kier molecular flexibility index (Phi) is 5.98. The van der Waals surface area contributed by atoms with Gasteiger partial charge in [0.05, 0.1) is 17.6 Å². The summed E-state index contributed by atoms with van der Waals surface area (Å²) >= 11 is 9.78. The number of hydrogen-bond donors (Lipinski definition) is 1. The van der Waals surface area contributed by atoms with Gasteiger partial charge in [0.1, 0.15) is 11.6 Å². The molecule has 0 saturated carbocycles. The van der Waals surface area contributed by atoms with Crippen molar-refractivity contribution in [1.82, 2.24) is 4.90 Å². The zero-order valence-electron chi connectivity index (χ0n) is 17.2. The van der Waals surface area contributed by atoms with Gasteiger partial charge in [-0.05, 0) is 54.4 Å². The smallest absolute Gasteiger partial charge is 0.281 e. The molecule has 1 atom stereocenters. The summed E-state index contributed by atoms with van der Waals surface area (Å²) in [6, 6.07) is 12.6. The van der Waals surface area contributed by atoms with Gasteiger partial charge in [-0.25, -0.2) is 4.39 Å². The maximum atomic E-state index is 14.2. The highest BCUT2D eigenvalue weighted by Crippen LogP contribution is 2.51. The second-order valence-corrected chi connectivity index (χ2v) is 8.89. The van der Waals surface area contributed by atoms with E-state index in [9.17, 15) is 19.6 Å². The Morgan fingerprint density at radius 1 is 1.28 bits per heavy atom. The van der Waals surface area contributed by atoms with Gasteiger partial charge in [0.15, 0.2) is 5.72 Å². The number of halogens is 3. The molecule has 9 heteroatoms. The summed E-state index contributed by atoms with van der Waals surface area (Å²) < 4.78 is 20.0. The first-order valence-electron chi connectivity index (χ1n) is 9.69. The number of rotatable bonds is 5. The van der Waals surface area contributed by atoms with Gasteiger partial charge in [0.25, 0.3) is 5.69 Å². The summed E-state index contributed by atoms with van der Waals surface area (Å²) in [6.45, 7) is 2.03. The number of methoxy groups -OCH3 is 1. The number of nitro benzene ring substituents is 1. The van der Waals surface area contributed by atoms with Gasteiger partial charge in [0.2, 0.25) is 0 Å². The molecule has 3 aromatic rings. The standard InChI is InChI=1S/C23H19BrClFN2O4/c1-13-19(24)9-15-12-27(11-14-3-6-17(32-2)7-4-14)23(29,21(15)22(13)28(30)31)18-10-16(26)5-8-20(18)25/h3-10,29H,11-12H2,1-2H3. The molecule has 4 rings (SSSR count). The molecule has 32 heavy (non-hydrogen) atoms. The minimum atomic E-state index is -2.01. The Morgan fingerprint density at radius 3 is 2.59 bits per heavy atom. The van der Waals surface area contributed by atoms with Crippen LogP contribution in [0.2, 0.25) is 5.02 Å². The van der Waals surface area contributed by atoms with Crippen LogP contribution in [-0.4, -0.2) is 22.0 Å². The first-order chi connectivity index (χ1) is 15.2. The van der Waals surface area contributed by atoms with Crippen molar-refractivity contribution in [2.24, 2.45) is 0 Å². The lowest BCUT2D eigenvalue weighted by Crippen LogP contribution is -2.42. The van der Waals surface area contributed by atoms with Crippen molar-refractivity contribution in [1.29, 1.82) is 0 Å². The quantitative estimate of drug-likeness (QED) is 0.346. The molecule has 1 aliphatic rings. The highest BCUT2D eigenvalue weighted by Gasteiger charge is 2.51. The molecular weight excluding hydrogens is 503 g/mol. The molecule has 1 unspecified atom stereocenters. The average molecular weight is 522 g/mol. The Balaban J connectivity index is 1.95. The molecule has 0 bridgehead atoms. The number of ether oxygens (including phenoxy) is 1. The molecule has 0 saturated heterocycles. The molecule has 0 amide bonds. The van der Waals surface area contributed by atoms with E-state index in [4.69, 9.17) is 16.3 Å². The van der Waals surface area contributed by atoms with Crippen LogP contribution < -0.4 is 4.74 Å². The van der Waals surface area contributed by atoms with Crippen LogP contribution in [-0.2, 0) is 18.8 Å². The van der Waals surface area contributed by atoms with Crippen molar-refractivity contribution >= 4 is 33.2 Å². The van der Waals surface area contributed by atoms with Crippen LogP contribution in [0, 0.1) is 22.9 Å². The summed E-state index contributed by atoms with van der Waals surface area (Å²) in [5.74, 6) is 0.0734. The molecule has 0 fully saturated rings. The number of aliphatic hydroxyl groups is 1. The Labute approximate surface area is 197 Å².